The van der Waals surface area contributed by atoms with Gasteiger partial charge in [0, 0.05) is 23.1 Å². The molecule has 30 heavy (non-hydrogen) atoms. The van der Waals surface area contributed by atoms with E-state index in [-0.39, 0.29) is 29.5 Å². The van der Waals surface area contributed by atoms with Crippen LogP contribution >= 0.6 is 11.3 Å². The Kier molecular flexibility index (Phi) is 5.38. The smallest absolute Gasteiger partial charge is 0.304 e. The van der Waals surface area contributed by atoms with E-state index in [1.165, 1.54) is 0 Å². The zero-order chi connectivity index (χ0) is 21.4. The Morgan fingerprint density at radius 3 is 2.83 bits per heavy atom. The summed E-state index contributed by atoms with van der Waals surface area (Å²) in [6.45, 7) is 2.17. The number of fused-ring (bicyclic) bond motifs is 1. The molecule has 0 saturated carbocycles. The third-order valence-corrected chi connectivity index (χ3v) is 5.98. The SMILES string of the molecule is Cc1nc(-c2ccc(F)c(F)c2F)sc1COc1ccc2c(c1)OCC2CC(=O)O. The molecule has 3 aromatic rings. The number of rotatable bonds is 6. The molecule has 2 heterocycles. The fraction of sp³-hybridized carbons (Fsp3) is 0.238. The van der Waals surface area contributed by atoms with Crippen LogP contribution in [-0.2, 0) is 11.4 Å². The summed E-state index contributed by atoms with van der Waals surface area (Å²) in [5.74, 6) is -4.02. The second-order valence-electron chi connectivity index (χ2n) is 6.84. The van der Waals surface area contributed by atoms with E-state index in [0.717, 1.165) is 29.0 Å². The van der Waals surface area contributed by atoms with E-state index >= 15 is 0 Å². The molecule has 156 valence electrons. The molecular weight excluding hydrogens is 419 g/mol. The highest BCUT2D eigenvalue weighted by molar-refractivity contribution is 7.15. The number of halogens is 3. The standard InChI is InChI=1S/C21H16F3NO4S/c1-10-17(30-21(25-10)14-4-5-15(22)20(24)19(14)23)9-28-12-2-3-13-11(6-18(26)27)8-29-16(13)7-12/h2-5,7,11H,6,8-9H2,1H3,(H,26,27). The molecule has 0 radical (unpaired) electrons. The zero-order valence-corrected chi connectivity index (χ0v) is 16.6. The number of ether oxygens (including phenoxy) is 2. The molecule has 9 heteroatoms. The summed E-state index contributed by atoms with van der Waals surface area (Å²) >= 11 is 1.13. The van der Waals surface area contributed by atoms with Gasteiger partial charge in [-0.2, -0.15) is 0 Å². The fourth-order valence-electron chi connectivity index (χ4n) is 3.24. The quantitative estimate of drug-likeness (QED) is 0.548. The lowest BCUT2D eigenvalue weighted by Crippen LogP contribution is -2.07. The number of nitrogens with zero attached hydrogens (tertiary/aromatic N) is 1. The summed E-state index contributed by atoms with van der Waals surface area (Å²) in [4.78, 5) is 15.9. The predicted octanol–water partition coefficient (Wildman–Crippen LogP) is 5.07. The van der Waals surface area contributed by atoms with Crippen molar-refractivity contribution in [1.29, 1.82) is 0 Å². The highest BCUT2D eigenvalue weighted by Gasteiger charge is 2.27. The first kappa shape index (κ1) is 20.2. The van der Waals surface area contributed by atoms with Gasteiger partial charge in [-0.1, -0.05) is 6.07 Å². The van der Waals surface area contributed by atoms with E-state index < -0.39 is 23.4 Å². The van der Waals surface area contributed by atoms with Crippen LogP contribution in [-0.4, -0.2) is 22.7 Å². The summed E-state index contributed by atoms with van der Waals surface area (Å²) in [5.41, 5.74) is 1.32. The van der Waals surface area contributed by atoms with Gasteiger partial charge in [-0.3, -0.25) is 4.79 Å². The van der Waals surface area contributed by atoms with E-state index in [1.807, 2.05) is 0 Å². The molecule has 1 aromatic heterocycles. The number of benzene rings is 2. The van der Waals surface area contributed by atoms with Crippen molar-refractivity contribution in [3.63, 3.8) is 0 Å². The molecule has 1 aliphatic rings. The molecule has 0 amide bonds. The largest absolute Gasteiger partial charge is 0.492 e. The molecule has 0 saturated heterocycles. The average molecular weight is 435 g/mol. The minimum atomic E-state index is -1.53. The van der Waals surface area contributed by atoms with Gasteiger partial charge in [0.15, 0.2) is 17.5 Å². The van der Waals surface area contributed by atoms with E-state index in [9.17, 15) is 18.0 Å². The molecule has 0 aliphatic carbocycles. The normalized spacial score (nSPS) is 15.0. The molecule has 2 aromatic carbocycles. The van der Waals surface area contributed by atoms with Gasteiger partial charge in [0.25, 0.3) is 0 Å². The van der Waals surface area contributed by atoms with Crippen LogP contribution in [0.25, 0.3) is 10.6 Å². The molecule has 0 spiro atoms. The molecule has 1 unspecified atom stereocenters. The molecule has 1 atom stereocenters. The number of hydrogen-bond acceptors (Lipinski definition) is 5. The van der Waals surface area contributed by atoms with Crippen molar-refractivity contribution < 1.29 is 32.5 Å². The number of thiazole rings is 1. The van der Waals surface area contributed by atoms with Gasteiger partial charge in [-0.15, -0.1) is 11.3 Å². The lowest BCUT2D eigenvalue weighted by atomic mass is 9.98. The van der Waals surface area contributed by atoms with Crippen molar-refractivity contribution in [3.8, 4) is 22.1 Å². The summed E-state index contributed by atoms with van der Waals surface area (Å²) in [6.07, 6.45) is -0.00339. The summed E-state index contributed by atoms with van der Waals surface area (Å²) in [7, 11) is 0. The Morgan fingerprint density at radius 1 is 1.27 bits per heavy atom. The molecule has 5 nitrogen and oxygen atoms in total. The van der Waals surface area contributed by atoms with E-state index in [2.05, 4.69) is 4.98 Å². The van der Waals surface area contributed by atoms with Crippen molar-refractivity contribution in [3.05, 3.63) is 63.9 Å². The maximum absolute atomic E-state index is 14.0. The van der Waals surface area contributed by atoms with Crippen LogP contribution in [0.5, 0.6) is 11.5 Å². The van der Waals surface area contributed by atoms with Crippen molar-refractivity contribution in [1.82, 2.24) is 4.98 Å². The minimum Gasteiger partial charge on any atom is -0.492 e. The number of carboxylic acid groups (broad SMARTS) is 1. The third kappa shape index (κ3) is 3.85. The van der Waals surface area contributed by atoms with Gasteiger partial charge in [-0.25, -0.2) is 18.2 Å². The fourth-order valence-corrected chi connectivity index (χ4v) is 4.24. The van der Waals surface area contributed by atoms with E-state index in [0.29, 0.717) is 28.7 Å². The average Bonchev–Trinajstić information content (AvgIpc) is 3.27. The van der Waals surface area contributed by atoms with Gasteiger partial charge >= 0.3 is 5.97 Å². The van der Waals surface area contributed by atoms with Crippen LogP contribution < -0.4 is 9.47 Å². The number of hydrogen-bond donors (Lipinski definition) is 1. The molecule has 0 fully saturated rings. The molecular formula is C21H16F3NO4S. The summed E-state index contributed by atoms with van der Waals surface area (Å²) in [5, 5.41) is 9.21. The Hall–Kier alpha value is -3.07. The van der Waals surface area contributed by atoms with Crippen LogP contribution in [0, 0.1) is 24.4 Å². The summed E-state index contributed by atoms with van der Waals surface area (Å²) in [6, 6.07) is 7.23. The number of carbonyl (C=O) groups is 1. The first-order valence-corrected chi connectivity index (χ1v) is 9.86. The van der Waals surface area contributed by atoms with Gasteiger partial charge in [0.05, 0.1) is 23.6 Å². The lowest BCUT2D eigenvalue weighted by molar-refractivity contribution is -0.137. The second-order valence-corrected chi connectivity index (χ2v) is 7.93. The van der Waals surface area contributed by atoms with Gasteiger partial charge in [0.1, 0.15) is 23.1 Å². The second kappa shape index (κ2) is 7.98. The van der Waals surface area contributed by atoms with E-state index in [1.54, 1.807) is 25.1 Å². The maximum atomic E-state index is 14.0. The Bertz CT molecular complexity index is 1130. The molecule has 1 N–H and O–H groups in total. The van der Waals surface area contributed by atoms with Crippen LogP contribution in [0.15, 0.2) is 30.3 Å². The van der Waals surface area contributed by atoms with Crippen LogP contribution in [0.2, 0.25) is 0 Å². The van der Waals surface area contributed by atoms with Crippen molar-refractivity contribution in [2.75, 3.05) is 6.61 Å². The number of aryl methyl sites for hydroxylation is 1. The molecule has 4 rings (SSSR count). The van der Waals surface area contributed by atoms with Gasteiger partial charge in [0.2, 0.25) is 0 Å². The first-order chi connectivity index (χ1) is 14.3. The molecule has 0 bridgehead atoms. The third-order valence-electron chi connectivity index (χ3n) is 4.81. The molecule has 1 aliphatic heterocycles. The van der Waals surface area contributed by atoms with Crippen molar-refractivity contribution >= 4 is 17.3 Å². The highest BCUT2D eigenvalue weighted by Crippen LogP contribution is 2.39. The van der Waals surface area contributed by atoms with E-state index in [4.69, 9.17) is 14.6 Å². The first-order valence-electron chi connectivity index (χ1n) is 9.05. The number of aliphatic carboxylic acids is 1. The number of aromatic nitrogens is 1. The van der Waals surface area contributed by atoms with Crippen molar-refractivity contribution in [2.24, 2.45) is 0 Å². The topological polar surface area (TPSA) is 68.7 Å². The Labute approximate surface area is 173 Å². The highest BCUT2D eigenvalue weighted by atomic mass is 32.1. The van der Waals surface area contributed by atoms with Gasteiger partial charge < -0.3 is 14.6 Å². The van der Waals surface area contributed by atoms with Crippen LogP contribution in [0.1, 0.15) is 28.5 Å². The number of carboxylic acids is 1. The van der Waals surface area contributed by atoms with Gasteiger partial charge in [-0.05, 0) is 25.1 Å². The summed E-state index contributed by atoms with van der Waals surface area (Å²) < 4.78 is 52.1. The maximum Gasteiger partial charge on any atom is 0.304 e. The minimum absolute atomic E-state index is 0.00339. The van der Waals surface area contributed by atoms with Crippen LogP contribution in [0.3, 0.4) is 0 Å². The Morgan fingerprint density at radius 2 is 2.07 bits per heavy atom. The monoisotopic (exact) mass is 435 g/mol. The van der Waals surface area contributed by atoms with Crippen molar-refractivity contribution in [2.45, 2.75) is 25.9 Å². The Balaban J connectivity index is 1.49. The predicted molar refractivity (Wildman–Crippen MR) is 103 cm³/mol. The zero-order valence-electron chi connectivity index (χ0n) is 15.7. The lowest BCUT2D eigenvalue weighted by Gasteiger charge is -2.08. The van der Waals surface area contributed by atoms with Crippen LogP contribution in [0.4, 0.5) is 13.2 Å².